The third-order valence-corrected chi connectivity index (χ3v) is 6.12. The van der Waals surface area contributed by atoms with Crippen molar-refractivity contribution in [1.29, 1.82) is 0 Å². The highest BCUT2D eigenvalue weighted by Crippen LogP contribution is 2.30. The van der Waals surface area contributed by atoms with Gasteiger partial charge in [-0.25, -0.2) is 4.98 Å². The van der Waals surface area contributed by atoms with Gasteiger partial charge in [-0.2, -0.15) is 0 Å². The van der Waals surface area contributed by atoms with E-state index in [9.17, 15) is 4.79 Å². The van der Waals surface area contributed by atoms with Crippen LogP contribution in [-0.2, 0) is 13.0 Å². The standard InChI is InChI=1S/C22H18N2OS/c1-14-6-7-19-17(10-14)11-18-12-20(26-21(18)23-19)22(25)24-9-8-15-4-2-3-5-16(15)13-24/h2-7,10-12H,8-9,13H2,1H3. The van der Waals surface area contributed by atoms with E-state index in [-0.39, 0.29) is 5.91 Å². The normalized spacial score (nSPS) is 14.0. The highest BCUT2D eigenvalue weighted by molar-refractivity contribution is 7.20. The van der Waals surface area contributed by atoms with Crippen LogP contribution >= 0.6 is 11.3 Å². The van der Waals surface area contributed by atoms with Crippen LogP contribution in [0, 0.1) is 6.92 Å². The van der Waals surface area contributed by atoms with Crippen molar-refractivity contribution in [3.63, 3.8) is 0 Å². The van der Waals surface area contributed by atoms with Crippen LogP contribution in [0.25, 0.3) is 21.1 Å². The monoisotopic (exact) mass is 358 g/mol. The molecule has 0 saturated carbocycles. The summed E-state index contributed by atoms with van der Waals surface area (Å²) in [7, 11) is 0. The van der Waals surface area contributed by atoms with Gasteiger partial charge in [0.25, 0.3) is 5.91 Å². The lowest BCUT2D eigenvalue weighted by Gasteiger charge is -2.28. The summed E-state index contributed by atoms with van der Waals surface area (Å²) in [6.07, 6.45) is 0.925. The van der Waals surface area contributed by atoms with Crippen molar-refractivity contribution < 1.29 is 4.79 Å². The van der Waals surface area contributed by atoms with Crippen LogP contribution in [0.2, 0.25) is 0 Å². The Hall–Kier alpha value is -2.72. The zero-order valence-corrected chi connectivity index (χ0v) is 15.3. The maximum atomic E-state index is 13.0. The first-order valence-corrected chi connectivity index (χ1v) is 9.66. The molecule has 0 aliphatic carbocycles. The third kappa shape index (κ3) is 2.58. The van der Waals surface area contributed by atoms with E-state index >= 15 is 0 Å². The Morgan fingerprint density at radius 3 is 2.77 bits per heavy atom. The second-order valence-electron chi connectivity index (χ2n) is 6.93. The number of hydrogen-bond acceptors (Lipinski definition) is 3. The molecule has 5 rings (SSSR count). The van der Waals surface area contributed by atoms with Gasteiger partial charge in [-0.3, -0.25) is 4.79 Å². The first kappa shape index (κ1) is 15.5. The average Bonchev–Trinajstić information content (AvgIpc) is 3.08. The van der Waals surface area contributed by atoms with Crippen LogP contribution in [0.3, 0.4) is 0 Å². The lowest BCUT2D eigenvalue weighted by Crippen LogP contribution is -2.35. The molecule has 1 aliphatic rings. The number of thiophene rings is 1. The fourth-order valence-electron chi connectivity index (χ4n) is 3.68. The van der Waals surface area contributed by atoms with Crippen molar-refractivity contribution in [2.75, 3.05) is 6.54 Å². The molecule has 0 spiro atoms. The molecular formula is C22H18N2OS. The van der Waals surface area contributed by atoms with Gasteiger partial charge in [-0.05, 0) is 48.7 Å². The van der Waals surface area contributed by atoms with Gasteiger partial charge in [0.15, 0.2) is 0 Å². The van der Waals surface area contributed by atoms with Crippen LogP contribution in [0.5, 0.6) is 0 Å². The molecule has 2 aromatic heterocycles. The molecule has 3 heterocycles. The fraction of sp³-hybridized carbons (Fsp3) is 0.182. The van der Waals surface area contributed by atoms with Crippen molar-refractivity contribution in [2.24, 2.45) is 0 Å². The summed E-state index contributed by atoms with van der Waals surface area (Å²) in [6.45, 7) is 3.55. The smallest absolute Gasteiger partial charge is 0.264 e. The van der Waals surface area contributed by atoms with Crippen LogP contribution in [0.15, 0.2) is 54.6 Å². The second-order valence-corrected chi connectivity index (χ2v) is 7.97. The number of hydrogen-bond donors (Lipinski definition) is 0. The Morgan fingerprint density at radius 2 is 1.88 bits per heavy atom. The minimum Gasteiger partial charge on any atom is -0.333 e. The summed E-state index contributed by atoms with van der Waals surface area (Å²) in [5.41, 5.74) is 4.82. The predicted molar refractivity (Wildman–Crippen MR) is 107 cm³/mol. The van der Waals surface area contributed by atoms with Crippen molar-refractivity contribution in [3.05, 3.63) is 76.2 Å². The molecule has 0 fully saturated rings. The Morgan fingerprint density at radius 1 is 1.04 bits per heavy atom. The molecule has 0 radical (unpaired) electrons. The first-order chi connectivity index (χ1) is 12.7. The molecule has 2 aromatic carbocycles. The maximum absolute atomic E-state index is 13.0. The molecule has 26 heavy (non-hydrogen) atoms. The summed E-state index contributed by atoms with van der Waals surface area (Å²) in [5, 5.41) is 2.18. The molecule has 128 valence electrons. The fourth-order valence-corrected chi connectivity index (χ4v) is 4.68. The van der Waals surface area contributed by atoms with E-state index in [1.807, 2.05) is 23.1 Å². The number of nitrogens with zero attached hydrogens (tertiary/aromatic N) is 2. The van der Waals surface area contributed by atoms with Crippen LogP contribution in [-0.4, -0.2) is 22.3 Å². The number of amides is 1. The van der Waals surface area contributed by atoms with E-state index in [2.05, 4.69) is 43.3 Å². The molecule has 1 amide bonds. The molecule has 0 unspecified atom stereocenters. The van der Waals surface area contributed by atoms with E-state index in [0.717, 1.165) is 39.0 Å². The summed E-state index contributed by atoms with van der Waals surface area (Å²) in [5.74, 6) is 0.114. The van der Waals surface area contributed by atoms with E-state index in [0.29, 0.717) is 6.54 Å². The number of carbonyl (C=O) groups is 1. The molecule has 4 aromatic rings. The minimum absolute atomic E-state index is 0.114. The Kier molecular flexibility index (Phi) is 3.54. The third-order valence-electron chi connectivity index (χ3n) is 5.08. The van der Waals surface area contributed by atoms with E-state index in [4.69, 9.17) is 4.98 Å². The van der Waals surface area contributed by atoms with Gasteiger partial charge in [0.2, 0.25) is 0 Å². The van der Waals surface area contributed by atoms with Crippen molar-refractivity contribution >= 4 is 38.4 Å². The highest BCUT2D eigenvalue weighted by atomic mass is 32.1. The van der Waals surface area contributed by atoms with Crippen molar-refractivity contribution in [2.45, 2.75) is 19.9 Å². The molecule has 3 nitrogen and oxygen atoms in total. The summed E-state index contributed by atoms with van der Waals surface area (Å²) >= 11 is 1.50. The van der Waals surface area contributed by atoms with Gasteiger partial charge in [0.05, 0.1) is 10.4 Å². The van der Waals surface area contributed by atoms with E-state index in [1.165, 1.54) is 28.0 Å². The predicted octanol–water partition coefficient (Wildman–Crippen LogP) is 4.96. The lowest BCUT2D eigenvalue weighted by atomic mass is 10.00. The topological polar surface area (TPSA) is 33.2 Å². The maximum Gasteiger partial charge on any atom is 0.264 e. The summed E-state index contributed by atoms with van der Waals surface area (Å²) in [6, 6.07) is 18.8. The van der Waals surface area contributed by atoms with E-state index < -0.39 is 0 Å². The quantitative estimate of drug-likeness (QED) is 0.482. The highest BCUT2D eigenvalue weighted by Gasteiger charge is 2.23. The Balaban J connectivity index is 1.50. The molecular weight excluding hydrogens is 340 g/mol. The number of carbonyl (C=O) groups excluding carboxylic acids is 1. The van der Waals surface area contributed by atoms with Crippen LogP contribution in [0.1, 0.15) is 26.4 Å². The Bertz CT molecular complexity index is 1160. The van der Waals surface area contributed by atoms with Crippen LogP contribution in [0.4, 0.5) is 0 Å². The van der Waals surface area contributed by atoms with E-state index in [1.54, 1.807) is 0 Å². The van der Waals surface area contributed by atoms with Crippen molar-refractivity contribution in [1.82, 2.24) is 9.88 Å². The molecule has 0 bridgehead atoms. The average molecular weight is 358 g/mol. The van der Waals surface area contributed by atoms with Gasteiger partial charge in [0, 0.05) is 23.9 Å². The number of pyridine rings is 1. The molecule has 0 saturated heterocycles. The number of rotatable bonds is 1. The molecule has 1 aliphatic heterocycles. The summed E-state index contributed by atoms with van der Waals surface area (Å²) in [4.78, 5) is 21.5. The number of aromatic nitrogens is 1. The second kappa shape index (κ2) is 5.92. The lowest BCUT2D eigenvalue weighted by molar-refractivity contribution is 0.0739. The Labute approximate surface area is 155 Å². The number of aryl methyl sites for hydroxylation is 1. The van der Waals surface area contributed by atoms with Gasteiger partial charge in [0.1, 0.15) is 4.83 Å². The summed E-state index contributed by atoms with van der Waals surface area (Å²) < 4.78 is 0. The van der Waals surface area contributed by atoms with Gasteiger partial charge in [-0.1, -0.05) is 35.9 Å². The molecule has 0 N–H and O–H groups in total. The van der Waals surface area contributed by atoms with Gasteiger partial charge >= 0.3 is 0 Å². The SMILES string of the molecule is Cc1ccc2nc3sc(C(=O)N4CCc5ccccc5C4)cc3cc2c1. The van der Waals surface area contributed by atoms with Gasteiger partial charge in [-0.15, -0.1) is 11.3 Å². The minimum atomic E-state index is 0.114. The largest absolute Gasteiger partial charge is 0.333 e. The zero-order valence-electron chi connectivity index (χ0n) is 14.5. The van der Waals surface area contributed by atoms with Crippen molar-refractivity contribution in [3.8, 4) is 0 Å². The molecule has 4 heteroatoms. The zero-order chi connectivity index (χ0) is 17.7. The first-order valence-electron chi connectivity index (χ1n) is 8.84. The molecule has 0 atom stereocenters. The number of benzene rings is 2. The van der Waals surface area contributed by atoms with Crippen LogP contribution < -0.4 is 0 Å². The number of fused-ring (bicyclic) bond motifs is 3. The van der Waals surface area contributed by atoms with Gasteiger partial charge < -0.3 is 4.90 Å².